The van der Waals surface area contributed by atoms with Gasteiger partial charge in [0.25, 0.3) is 0 Å². The molecule has 1 aromatic heterocycles. The number of nitrogens with zero attached hydrogens (tertiary/aromatic N) is 2. The van der Waals surface area contributed by atoms with E-state index in [0.29, 0.717) is 0 Å². The summed E-state index contributed by atoms with van der Waals surface area (Å²) >= 11 is 1.41. The predicted molar refractivity (Wildman–Crippen MR) is 79.1 cm³/mol. The molecule has 0 spiro atoms. The fourth-order valence-corrected chi connectivity index (χ4v) is 3.22. The van der Waals surface area contributed by atoms with E-state index >= 15 is 0 Å². The number of benzene rings is 1. The second-order valence-corrected chi connectivity index (χ2v) is 5.81. The molecular formula is C14H20N4S. The van der Waals surface area contributed by atoms with Crippen LogP contribution in [0.2, 0.25) is 0 Å². The predicted octanol–water partition coefficient (Wildman–Crippen LogP) is 2.52. The first-order valence-corrected chi connectivity index (χ1v) is 7.12. The minimum atomic E-state index is 0.0695. The quantitative estimate of drug-likeness (QED) is 0.665. The van der Waals surface area contributed by atoms with E-state index in [1.54, 1.807) is 0 Å². The van der Waals surface area contributed by atoms with Crippen molar-refractivity contribution >= 4 is 11.5 Å². The van der Waals surface area contributed by atoms with Crippen LogP contribution in [0.5, 0.6) is 0 Å². The van der Waals surface area contributed by atoms with Crippen LogP contribution < -0.4 is 11.3 Å². The lowest BCUT2D eigenvalue weighted by molar-refractivity contribution is 0.554. The zero-order chi connectivity index (χ0) is 14.0. The summed E-state index contributed by atoms with van der Waals surface area (Å²) in [6.07, 6.45) is 0.860. The molecule has 0 fully saturated rings. The number of hydrogen-bond acceptors (Lipinski definition) is 5. The van der Waals surface area contributed by atoms with E-state index in [4.69, 9.17) is 5.84 Å². The highest BCUT2D eigenvalue weighted by Crippen LogP contribution is 2.26. The molecule has 0 amide bonds. The number of hydrazine groups is 1. The van der Waals surface area contributed by atoms with Crippen LogP contribution in [0, 0.1) is 27.7 Å². The van der Waals surface area contributed by atoms with Gasteiger partial charge in [0.15, 0.2) is 0 Å². The van der Waals surface area contributed by atoms with E-state index in [2.05, 4.69) is 47.9 Å². The molecule has 2 aromatic rings. The lowest BCUT2D eigenvalue weighted by Crippen LogP contribution is -2.29. The molecule has 0 saturated carbocycles. The van der Waals surface area contributed by atoms with Crippen molar-refractivity contribution in [2.45, 2.75) is 40.2 Å². The van der Waals surface area contributed by atoms with Gasteiger partial charge in [-0.2, -0.15) is 0 Å². The van der Waals surface area contributed by atoms with Crippen molar-refractivity contribution in [1.29, 1.82) is 0 Å². The Bertz CT molecular complexity index is 554. The Morgan fingerprint density at radius 2 is 1.84 bits per heavy atom. The van der Waals surface area contributed by atoms with Gasteiger partial charge >= 0.3 is 0 Å². The van der Waals surface area contributed by atoms with E-state index in [9.17, 15) is 0 Å². The number of nitrogens with two attached hydrogens (primary N) is 1. The summed E-state index contributed by atoms with van der Waals surface area (Å²) in [5, 5.41) is 4.06. The SMILES string of the molecule is Cc1cc(C)c(CC(NN)c2snnc2C)c(C)c1. The van der Waals surface area contributed by atoms with Gasteiger partial charge in [-0.25, -0.2) is 0 Å². The molecule has 1 atom stereocenters. The molecule has 1 aromatic carbocycles. The highest BCUT2D eigenvalue weighted by atomic mass is 32.1. The third-order valence-electron chi connectivity index (χ3n) is 3.45. The van der Waals surface area contributed by atoms with Crippen molar-refractivity contribution in [1.82, 2.24) is 15.0 Å². The number of aromatic nitrogens is 2. The van der Waals surface area contributed by atoms with Gasteiger partial charge < -0.3 is 0 Å². The molecule has 19 heavy (non-hydrogen) atoms. The summed E-state index contributed by atoms with van der Waals surface area (Å²) in [7, 11) is 0. The molecule has 3 N–H and O–H groups in total. The normalized spacial score (nSPS) is 12.7. The number of nitrogens with one attached hydrogen (secondary N) is 1. The van der Waals surface area contributed by atoms with Crippen LogP contribution in [0.1, 0.15) is 38.9 Å². The van der Waals surface area contributed by atoms with Crippen LogP contribution in [0.15, 0.2) is 12.1 Å². The summed E-state index contributed by atoms with van der Waals surface area (Å²) < 4.78 is 3.99. The van der Waals surface area contributed by atoms with Crippen LogP contribution in [-0.2, 0) is 6.42 Å². The zero-order valence-corrected chi connectivity index (χ0v) is 12.6. The summed E-state index contributed by atoms with van der Waals surface area (Å²) in [5.41, 5.74) is 9.12. The molecule has 0 aliphatic heterocycles. The molecule has 0 aliphatic rings. The molecule has 1 unspecified atom stereocenters. The van der Waals surface area contributed by atoms with Gasteiger partial charge in [0.05, 0.1) is 16.6 Å². The molecule has 1 heterocycles. The van der Waals surface area contributed by atoms with Crippen LogP contribution >= 0.6 is 11.5 Å². The number of hydrogen-bond donors (Lipinski definition) is 2. The first kappa shape index (κ1) is 14.1. The van der Waals surface area contributed by atoms with Gasteiger partial charge in [-0.1, -0.05) is 22.2 Å². The van der Waals surface area contributed by atoms with Crippen LogP contribution in [0.25, 0.3) is 0 Å². The smallest absolute Gasteiger partial charge is 0.0773 e. The molecule has 0 radical (unpaired) electrons. The Morgan fingerprint density at radius 1 is 1.21 bits per heavy atom. The Balaban J connectivity index is 2.32. The van der Waals surface area contributed by atoms with Gasteiger partial charge in [-0.15, -0.1) is 5.10 Å². The van der Waals surface area contributed by atoms with Crippen LogP contribution in [-0.4, -0.2) is 9.59 Å². The topological polar surface area (TPSA) is 63.8 Å². The van der Waals surface area contributed by atoms with Crippen LogP contribution in [0.3, 0.4) is 0 Å². The molecule has 102 valence electrons. The molecule has 0 bridgehead atoms. The first-order valence-electron chi connectivity index (χ1n) is 6.34. The van der Waals surface area contributed by atoms with Crippen molar-refractivity contribution < 1.29 is 0 Å². The lowest BCUT2D eigenvalue weighted by Gasteiger charge is -2.18. The van der Waals surface area contributed by atoms with Crippen molar-refractivity contribution in [3.8, 4) is 0 Å². The maximum Gasteiger partial charge on any atom is 0.0773 e. The maximum atomic E-state index is 5.71. The second kappa shape index (κ2) is 5.77. The Hall–Kier alpha value is -1.30. The average Bonchev–Trinajstić information content (AvgIpc) is 2.75. The molecule has 0 saturated heterocycles. The van der Waals surface area contributed by atoms with Gasteiger partial charge in [-0.3, -0.25) is 11.3 Å². The largest absolute Gasteiger partial charge is 0.271 e. The molecule has 2 rings (SSSR count). The zero-order valence-electron chi connectivity index (χ0n) is 11.8. The van der Waals surface area contributed by atoms with Gasteiger partial charge in [-0.05, 0) is 62.3 Å². The minimum Gasteiger partial charge on any atom is -0.271 e. The highest BCUT2D eigenvalue weighted by molar-refractivity contribution is 7.05. The second-order valence-electron chi connectivity index (χ2n) is 5.02. The Morgan fingerprint density at radius 3 is 2.32 bits per heavy atom. The summed E-state index contributed by atoms with van der Waals surface area (Å²) in [6, 6.07) is 4.50. The fourth-order valence-electron chi connectivity index (χ4n) is 2.52. The Kier molecular flexibility index (Phi) is 4.29. The standard InChI is InChI=1S/C14H20N4S/c1-8-5-9(2)12(10(3)6-8)7-13(16-15)14-11(4)17-18-19-14/h5-6,13,16H,7,15H2,1-4H3. The van der Waals surface area contributed by atoms with Gasteiger partial charge in [0, 0.05) is 0 Å². The number of aryl methyl sites for hydroxylation is 4. The molecule has 0 aliphatic carbocycles. The van der Waals surface area contributed by atoms with E-state index in [1.807, 2.05) is 6.92 Å². The van der Waals surface area contributed by atoms with Crippen molar-refractivity contribution in [3.05, 3.63) is 45.0 Å². The third-order valence-corrected chi connectivity index (χ3v) is 4.39. The van der Waals surface area contributed by atoms with E-state index in [0.717, 1.165) is 17.0 Å². The summed E-state index contributed by atoms with van der Waals surface area (Å²) in [6.45, 7) is 8.40. The lowest BCUT2D eigenvalue weighted by atomic mass is 9.94. The average molecular weight is 276 g/mol. The highest BCUT2D eigenvalue weighted by Gasteiger charge is 2.18. The third kappa shape index (κ3) is 3.00. The maximum absolute atomic E-state index is 5.71. The molecular weight excluding hydrogens is 256 g/mol. The first-order chi connectivity index (χ1) is 9.02. The molecule has 5 heteroatoms. The minimum absolute atomic E-state index is 0.0695. The monoisotopic (exact) mass is 276 g/mol. The summed E-state index contributed by atoms with van der Waals surface area (Å²) in [4.78, 5) is 1.11. The van der Waals surface area contributed by atoms with Crippen LogP contribution in [0.4, 0.5) is 0 Å². The van der Waals surface area contributed by atoms with Gasteiger partial charge in [0.1, 0.15) is 0 Å². The van der Waals surface area contributed by atoms with E-state index in [-0.39, 0.29) is 6.04 Å². The van der Waals surface area contributed by atoms with Crippen molar-refractivity contribution in [3.63, 3.8) is 0 Å². The summed E-state index contributed by atoms with van der Waals surface area (Å²) in [5.74, 6) is 5.71. The molecule has 4 nitrogen and oxygen atoms in total. The van der Waals surface area contributed by atoms with Gasteiger partial charge in [0.2, 0.25) is 0 Å². The van der Waals surface area contributed by atoms with Crippen molar-refractivity contribution in [2.75, 3.05) is 0 Å². The number of rotatable bonds is 4. The van der Waals surface area contributed by atoms with E-state index in [1.165, 1.54) is 33.8 Å². The fraction of sp³-hybridized carbons (Fsp3) is 0.429. The van der Waals surface area contributed by atoms with Crippen molar-refractivity contribution in [2.24, 2.45) is 5.84 Å². The Labute approximate surface area is 118 Å². The van der Waals surface area contributed by atoms with E-state index < -0.39 is 0 Å².